The lowest BCUT2D eigenvalue weighted by Crippen LogP contribution is -2.36. The summed E-state index contributed by atoms with van der Waals surface area (Å²) < 4.78 is 4.06. The number of amides is 1. The second kappa shape index (κ2) is 5.28. The first-order valence-corrected chi connectivity index (χ1v) is 7.04. The standard InChI is InChI=1S/C16H16N4O3/c1-18-11-8-20(9-12(17)21)14(10-6-4-3-5-7-10)13(11)15(22)19(2)16(18)23/h3-8H,9H2,1-2H3,(H2,17,21). The monoisotopic (exact) mass is 312 g/mol. The first-order valence-electron chi connectivity index (χ1n) is 7.04. The van der Waals surface area contributed by atoms with E-state index in [4.69, 9.17) is 5.73 Å². The van der Waals surface area contributed by atoms with Gasteiger partial charge in [0.15, 0.2) is 0 Å². The van der Waals surface area contributed by atoms with E-state index in [2.05, 4.69) is 0 Å². The number of benzene rings is 1. The number of nitrogens with zero attached hydrogens (tertiary/aromatic N) is 3. The van der Waals surface area contributed by atoms with E-state index in [1.165, 1.54) is 11.6 Å². The molecule has 0 aliphatic heterocycles. The normalized spacial score (nSPS) is 11.0. The summed E-state index contributed by atoms with van der Waals surface area (Å²) in [6.07, 6.45) is 1.62. The number of aryl methyl sites for hydroxylation is 1. The predicted molar refractivity (Wildman–Crippen MR) is 87.1 cm³/mol. The molecule has 0 bridgehead atoms. The van der Waals surface area contributed by atoms with Crippen molar-refractivity contribution in [3.8, 4) is 11.3 Å². The Morgan fingerprint density at radius 1 is 1.09 bits per heavy atom. The van der Waals surface area contributed by atoms with Crippen LogP contribution in [0.2, 0.25) is 0 Å². The summed E-state index contributed by atoms with van der Waals surface area (Å²) in [6.45, 7) is -0.0732. The zero-order valence-corrected chi connectivity index (χ0v) is 12.8. The molecule has 1 amide bonds. The summed E-state index contributed by atoms with van der Waals surface area (Å²) in [7, 11) is 3.03. The molecule has 0 unspecified atom stereocenters. The Hall–Kier alpha value is -3.09. The minimum Gasteiger partial charge on any atom is -0.368 e. The van der Waals surface area contributed by atoms with Crippen LogP contribution in [0.25, 0.3) is 22.2 Å². The zero-order valence-electron chi connectivity index (χ0n) is 12.8. The lowest BCUT2D eigenvalue weighted by atomic mass is 10.1. The highest BCUT2D eigenvalue weighted by atomic mass is 16.2. The number of hydrogen-bond donors (Lipinski definition) is 1. The molecule has 0 aliphatic rings. The van der Waals surface area contributed by atoms with Crippen molar-refractivity contribution in [3.05, 3.63) is 57.4 Å². The number of rotatable bonds is 3. The van der Waals surface area contributed by atoms with Gasteiger partial charge in [-0.3, -0.25) is 18.7 Å². The van der Waals surface area contributed by atoms with Crippen LogP contribution in [0.1, 0.15) is 0 Å². The fraction of sp³-hybridized carbons (Fsp3) is 0.188. The first-order chi connectivity index (χ1) is 10.9. The summed E-state index contributed by atoms with van der Waals surface area (Å²) in [5.74, 6) is -0.524. The largest absolute Gasteiger partial charge is 0.368 e. The topological polar surface area (TPSA) is 92.0 Å². The van der Waals surface area contributed by atoms with Gasteiger partial charge in [-0.05, 0) is 5.56 Å². The van der Waals surface area contributed by atoms with Gasteiger partial charge in [-0.15, -0.1) is 0 Å². The Morgan fingerprint density at radius 3 is 2.35 bits per heavy atom. The van der Waals surface area contributed by atoms with E-state index in [1.807, 2.05) is 30.3 Å². The molecular formula is C16H16N4O3. The predicted octanol–water partition coefficient (Wildman–Crippen LogP) is 0.191. The smallest absolute Gasteiger partial charge is 0.330 e. The highest BCUT2D eigenvalue weighted by Crippen LogP contribution is 2.27. The maximum Gasteiger partial charge on any atom is 0.330 e. The molecule has 7 heteroatoms. The zero-order chi connectivity index (χ0) is 16.7. The maximum atomic E-state index is 12.6. The minimum atomic E-state index is -0.524. The van der Waals surface area contributed by atoms with Crippen molar-refractivity contribution in [1.29, 1.82) is 0 Å². The summed E-state index contributed by atoms with van der Waals surface area (Å²) in [5, 5.41) is 0.391. The summed E-state index contributed by atoms with van der Waals surface area (Å²) in [4.78, 5) is 36.1. The fourth-order valence-corrected chi connectivity index (χ4v) is 2.79. The Labute approximate surface area is 131 Å². The van der Waals surface area contributed by atoms with Crippen molar-refractivity contribution in [2.24, 2.45) is 19.8 Å². The van der Waals surface area contributed by atoms with Gasteiger partial charge in [-0.1, -0.05) is 30.3 Å². The molecule has 0 atom stereocenters. The van der Waals surface area contributed by atoms with Crippen molar-refractivity contribution in [2.45, 2.75) is 6.54 Å². The SMILES string of the molecule is Cn1c(=O)c2c(-c3ccccc3)n(CC(N)=O)cc2n(C)c1=O. The van der Waals surface area contributed by atoms with Crippen LogP contribution in [-0.2, 0) is 25.4 Å². The number of hydrogen-bond acceptors (Lipinski definition) is 3. The molecule has 2 heterocycles. The number of carbonyl (C=O) groups is 1. The molecule has 118 valence electrons. The molecule has 1 aromatic carbocycles. The average Bonchev–Trinajstić information content (AvgIpc) is 2.90. The molecule has 3 rings (SSSR count). The molecule has 0 saturated heterocycles. The van der Waals surface area contributed by atoms with Crippen molar-refractivity contribution in [1.82, 2.24) is 13.7 Å². The first kappa shape index (κ1) is 14.8. The van der Waals surface area contributed by atoms with Crippen LogP contribution in [0, 0.1) is 0 Å². The van der Waals surface area contributed by atoms with Crippen LogP contribution in [0.5, 0.6) is 0 Å². The van der Waals surface area contributed by atoms with E-state index < -0.39 is 17.2 Å². The van der Waals surface area contributed by atoms with Crippen molar-refractivity contribution >= 4 is 16.8 Å². The number of aromatic nitrogens is 3. The van der Waals surface area contributed by atoms with Crippen LogP contribution in [0.3, 0.4) is 0 Å². The number of primary amides is 1. The molecule has 0 saturated carbocycles. The summed E-state index contributed by atoms with van der Waals surface area (Å²) >= 11 is 0. The maximum absolute atomic E-state index is 12.6. The van der Waals surface area contributed by atoms with Gasteiger partial charge in [0.25, 0.3) is 5.56 Å². The Bertz CT molecular complexity index is 1030. The lowest BCUT2D eigenvalue weighted by Gasteiger charge is -2.08. The molecule has 7 nitrogen and oxygen atoms in total. The molecule has 0 radical (unpaired) electrons. The van der Waals surface area contributed by atoms with Crippen molar-refractivity contribution < 1.29 is 4.79 Å². The Balaban J connectivity index is 2.51. The van der Waals surface area contributed by atoms with Crippen LogP contribution < -0.4 is 17.0 Å². The number of nitrogens with two attached hydrogens (primary N) is 1. The van der Waals surface area contributed by atoms with Gasteiger partial charge in [0.05, 0.1) is 16.6 Å². The van der Waals surface area contributed by atoms with Gasteiger partial charge in [0, 0.05) is 20.3 Å². The minimum absolute atomic E-state index is 0.0732. The lowest BCUT2D eigenvalue weighted by molar-refractivity contribution is -0.118. The third-order valence-corrected chi connectivity index (χ3v) is 3.89. The van der Waals surface area contributed by atoms with Crippen LogP contribution in [-0.4, -0.2) is 19.6 Å². The van der Waals surface area contributed by atoms with Gasteiger partial charge in [-0.2, -0.15) is 0 Å². The second-order valence-corrected chi connectivity index (χ2v) is 5.40. The highest BCUT2D eigenvalue weighted by molar-refractivity contribution is 5.94. The molecule has 2 aromatic heterocycles. The van der Waals surface area contributed by atoms with Crippen molar-refractivity contribution in [2.75, 3.05) is 0 Å². The Morgan fingerprint density at radius 2 is 1.74 bits per heavy atom. The highest BCUT2D eigenvalue weighted by Gasteiger charge is 2.19. The molecule has 0 aliphatic carbocycles. The van der Waals surface area contributed by atoms with Gasteiger partial charge in [-0.25, -0.2) is 4.79 Å². The molecule has 23 heavy (non-hydrogen) atoms. The second-order valence-electron chi connectivity index (χ2n) is 5.40. The summed E-state index contributed by atoms with van der Waals surface area (Å²) in [5.41, 5.74) is 6.33. The van der Waals surface area contributed by atoms with E-state index in [0.29, 0.717) is 16.6 Å². The van der Waals surface area contributed by atoms with E-state index >= 15 is 0 Å². The van der Waals surface area contributed by atoms with Gasteiger partial charge in [0.1, 0.15) is 6.54 Å². The van der Waals surface area contributed by atoms with Crippen LogP contribution in [0.15, 0.2) is 46.1 Å². The van der Waals surface area contributed by atoms with E-state index in [9.17, 15) is 14.4 Å². The van der Waals surface area contributed by atoms with Crippen LogP contribution in [0.4, 0.5) is 0 Å². The van der Waals surface area contributed by atoms with Gasteiger partial charge < -0.3 is 10.3 Å². The average molecular weight is 312 g/mol. The number of carbonyl (C=O) groups excluding carboxylic acids is 1. The molecule has 2 N–H and O–H groups in total. The number of fused-ring (bicyclic) bond motifs is 1. The third kappa shape index (κ3) is 2.26. The molecule has 0 spiro atoms. The van der Waals surface area contributed by atoms with E-state index in [0.717, 1.165) is 10.1 Å². The van der Waals surface area contributed by atoms with Crippen LogP contribution >= 0.6 is 0 Å². The molecule has 0 fully saturated rings. The van der Waals surface area contributed by atoms with Gasteiger partial charge >= 0.3 is 5.69 Å². The summed E-state index contributed by atoms with van der Waals surface area (Å²) in [6, 6.07) is 9.24. The quantitative estimate of drug-likeness (QED) is 0.748. The Kier molecular flexibility index (Phi) is 3.40. The third-order valence-electron chi connectivity index (χ3n) is 3.89. The fourth-order valence-electron chi connectivity index (χ4n) is 2.79. The van der Waals surface area contributed by atoms with Gasteiger partial charge in [0.2, 0.25) is 5.91 Å². The van der Waals surface area contributed by atoms with E-state index in [-0.39, 0.29) is 6.54 Å². The van der Waals surface area contributed by atoms with Crippen molar-refractivity contribution in [3.63, 3.8) is 0 Å². The molecule has 3 aromatic rings. The van der Waals surface area contributed by atoms with E-state index in [1.54, 1.807) is 17.8 Å². The molecular weight excluding hydrogens is 296 g/mol.